The second-order valence-electron chi connectivity index (χ2n) is 11.9. The molecule has 4 aromatic carbocycles. The first-order chi connectivity index (χ1) is 22.6. The SMILES string of the molecule is COc1ccc(N(CC(=O)N(Cc2ccc(Cl)cc2)C(Cc2ccccc2)C(=O)NC2CCCC2)S(=O)(=O)c2ccc(C)cc2)cc1. The van der Waals surface area contributed by atoms with E-state index < -0.39 is 28.5 Å². The van der Waals surface area contributed by atoms with Gasteiger partial charge in [-0.1, -0.05) is 84.6 Å². The van der Waals surface area contributed by atoms with Crippen molar-refractivity contribution in [2.75, 3.05) is 18.0 Å². The molecule has 1 fully saturated rings. The molecule has 1 saturated carbocycles. The number of benzene rings is 4. The van der Waals surface area contributed by atoms with Crippen LogP contribution in [0.2, 0.25) is 5.02 Å². The number of nitrogens with zero attached hydrogens (tertiary/aromatic N) is 2. The van der Waals surface area contributed by atoms with Crippen LogP contribution < -0.4 is 14.4 Å². The van der Waals surface area contributed by atoms with Gasteiger partial charge in [0.2, 0.25) is 11.8 Å². The number of sulfonamides is 1. The summed E-state index contributed by atoms with van der Waals surface area (Å²) in [7, 11) is -2.67. The van der Waals surface area contributed by atoms with Gasteiger partial charge in [0.15, 0.2) is 0 Å². The molecular formula is C37H40ClN3O5S. The number of ether oxygens (including phenoxy) is 1. The van der Waals surface area contributed by atoms with Crippen molar-refractivity contribution in [1.82, 2.24) is 10.2 Å². The van der Waals surface area contributed by atoms with Gasteiger partial charge in [-0.05, 0) is 79.4 Å². The zero-order valence-corrected chi connectivity index (χ0v) is 28.2. The van der Waals surface area contributed by atoms with Gasteiger partial charge in [0.05, 0.1) is 17.7 Å². The summed E-state index contributed by atoms with van der Waals surface area (Å²) in [4.78, 5) is 30.3. The Hall–Kier alpha value is -4.34. The molecule has 0 heterocycles. The number of amides is 2. The van der Waals surface area contributed by atoms with E-state index in [-0.39, 0.29) is 29.8 Å². The van der Waals surface area contributed by atoms with Crippen molar-refractivity contribution in [3.05, 3.63) is 125 Å². The number of hydrogen-bond acceptors (Lipinski definition) is 5. The number of carbonyl (C=O) groups is 2. The van der Waals surface area contributed by atoms with Crippen LogP contribution in [0.15, 0.2) is 108 Å². The molecule has 0 saturated heterocycles. The molecule has 1 aliphatic rings. The highest BCUT2D eigenvalue weighted by molar-refractivity contribution is 7.92. The summed E-state index contributed by atoms with van der Waals surface area (Å²) in [5.74, 6) is -0.238. The Morgan fingerprint density at radius 1 is 0.872 bits per heavy atom. The molecule has 4 aromatic rings. The van der Waals surface area contributed by atoms with E-state index in [1.54, 1.807) is 60.7 Å². The Morgan fingerprint density at radius 3 is 2.13 bits per heavy atom. The summed E-state index contributed by atoms with van der Waals surface area (Å²) < 4.78 is 34.8. The van der Waals surface area contributed by atoms with Crippen LogP contribution in [-0.2, 0) is 32.6 Å². The molecule has 0 spiro atoms. The predicted molar refractivity (Wildman–Crippen MR) is 185 cm³/mol. The standard InChI is InChI=1S/C37H40ClN3O5S/c1-27-12-22-34(23-13-27)47(44,45)41(32-18-20-33(46-2)21-19-32)26-36(42)40(25-29-14-16-30(38)17-15-29)35(24-28-8-4-3-5-9-28)37(43)39-31-10-6-7-11-31/h3-5,8-9,12-23,31,35H,6-7,10-11,24-26H2,1-2H3,(H,39,43). The van der Waals surface area contributed by atoms with Gasteiger partial charge in [-0.15, -0.1) is 0 Å². The topological polar surface area (TPSA) is 96.0 Å². The number of aryl methyl sites for hydroxylation is 1. The van der Waals surface area contributed by atoms with E-state index in [9.17, 15) is 18.0 Å². The maximum absolute atomic E-state index is 14.6. The lowest BCUT2D eigenvalue weighted by Gasteiger charge is -2.34. The molecule has 0 radical (unpaired) electrons. The first kappa shape index (κ1) is 34.0. The van der Waals surface area contributed by atoms with Crippen LogP contribution in [0.4, 0.5) is 5.69 Å². The highest BCUT2D eigenvalue weighted by Gasteiger charge is 2.35. The molecule has 1 aliphatic carbocycles. The fourth-order valence-electron chi connectivity index (χ4n) is 5.82. The van der Waals surface area contributed by atoms with Crippen molar-refractivity contribution in [3.63, 3.8) is 0 Å². The first-order valence-electron chi connectivity index (χ1n) is 15.8. The second kappa shape index (κ2) is 15.5. The van der Waals surface area contributed by atoms with Crippen LogP contribution in [0.5, 0.6) is 5.75 Å². The van der Waals surface area contributed by atoms with Crippen LogP contribution in [0.1, 0.15) is 42.4 Å². The highest BCUT2D eigenvalue weighted by atomic mass is 35.5. The molecule has 0 bridgehead atoms. The van der Waals surface area contributed by atoms with Crippen molar-refractivity contribution >= 4 is 39.1 Å². The van der Waals surface area contributed by atoms with Crippen LogP contribution in [0.3, 0.4) is 0 Å². The Bertz CT molecular complexity index is 1740. The fraction of sp³-hybridized carbons (Fsp3) is 0.297. The van der Waals surface area contributed by atoms with Crippen LogP contribution in [0.25, 0.3) is 0 Å². The first-order valence-corrected chi connectivity index (χ1v) is 17.6. The lowest BCUT2D eigenvalue weighted by Crippen LogP contribution is -2.54. The van der Waals surface area contributed by atoms with Gasteiger partial charge in [-0.25, -0.2) is 8.42 Å². The summed E-state index contributed by atoms with van der Waals surface area (Å²) in [6, 6.07) is 28.8. The molecule has 2 amide bonds. The summed E-state index contributed by atoms with van der Waals surface area (Å²) >= 11 is 6.18. The molecule has 0 aliphatic heterocycles. The van der Waals surface area contributed by atoms with E-state index in [4.69, 9.17) is 16.3 Å². The van der Waals surface area contributed by atoms with Crippen LogP contribution in [0, 0.1) is 6.92 Å². The zero-order valence-electron chi connectivity index (χ0n) is 26.6. The lowest BCUT2D eigenvalue weighted by molar-refractivity contribution is -0.140. The molecule has 8 nitrogen and oxygen atoms in total. The van der Waals surface area contributed by atoms with Gasteiger partial charge in [0.25, 0.3) is 10.0 Å². The fourth-order valence-corrected chi connectivity index (χ4v) is 7.36. The number of hydrogen-bond donors (Lipinski definition) is 1. The van der Waals surface area contributed by atoms with Crippen molar-refractivity contribution in [2.45, 2.75) is 62.6 Å². The monoisotopic (exact) mass is 673 g/mol. The van der Waals surface area contributed by atoms with E-state index in [0.717, 1.165) is 46.7 Å². The Kier molecular flexibility index (Phi) is 11.2. The molecule has 47 heavy (non-hydrogen) atoms. The van der Waals surface area contributed by atoms with Gasteiger partial charge in [-0.3, -0.25) is 13.9 Å². The molecule has 0 aromatic heterocycles. The molecule has 1 atom stereocenters. The number of rotatable bonds is 13. The van der Waals surface area contributed by atoms with E-state index in [2.05, 4.69) is 5.32 Å². The van der Waals surface area contributed by atoms with Crippen LogP contribution in [-0.4, -0.2) is 50.9 Å². The molecule has 10 heteroatoms. The maximum Gasteiger partial charge on any atom is 0.264 e. The highest BCUT2D eigenvalue weighted by Crippen LogP contribution is 2.27. The van der Waals surface area contributed by atoms with Crippen molar-refractivity contribution < 1.29 is 22.7 Å². The minimum absolute atomic E-state index is 0.0333. The average molecular weight is 674 g/mol. The van der Waals surface area contributed by atoms with Crippen LogP contribution >= 0.6 is 11.6 Å². The summed E-state index contributed by atoms with van der Waals surface area (Å²) in [5.41, 5.74) is 2.84. The quantitative estimate of drug-likeness (QED) is 0.174. The molecule has 5 rings (SSSR count). The average Bonchev–Trinajstić information content (AvgIpc) is 3.59. The van der Waals surface area contributed by atoms with E-state index in [1.165, 1.54) is 24.1 Å². The maximum atomic E-state index is 14.6. The third-order valence-electron chi connectivity index (χ3n) is 8.49. The molecule has 246 valence electrons. The van der Waals surface area contributed by atoms with Gasteiger partial charge >= 0.3 is 0 Å². The summed E-state index contributed by atoms with van der Waals surface area (Å²) in [5, 5.41) is 3.73. The van der Waals surface area contributed by atoms with E-state index >= 15 is 0 Å². The Balaban J connectivity index is 1.56. The largest absolute Gasteiger partial charge is 0.497 e. The number of anilines is 1. The zero-order chi connectivity index (χ0) is 33.4. The minimum atomic E-state index is -4.19. The second-order valence-corrected chi connectivity index (χ2v) is 14.2. The number of methoxy groups -OCH3 is 1. The van der Waals surface area contributed by atoms with Gasteiger partial charge in [-0.2, -0.15) is 0 Å². The smallest absolute Gasteiger partial charge is 0.264 e. The molecular weight excluding hydrogens is 634 g/mol. The van der Waals surface area contributed by atoms with Gasteiger partial charge in [0.1, 0.15) is 18.3 Å². The third-order valence-corrected chi connectivity index (χ3v) is 10.5. The van der Waals surface area contributed by atoms with Gasteiger partial charge < -0.3 is 15.0 Å². The Morgan fingerprint density at radius 2 is 1.51 bits per heavy atom. The summed E-state index contributed by atoms with van der Waals surface area (Å²) in [6.07, 6.45) is 4.10. The normalized spacial score (nSPS) is 13.9. The predicted octanol–water partition coefficient (Wildman–Crippen LogP) is 6.55. The lowest BCUT2D eigenvalue weighted by atomic mass is 10.0. The van der Waals surface area contributed by atoms with E-state index in [1.807, 2.05) is 37.3 Å². The molecule has 1 unspecified atom stereocenters. The number of carbonyl (C=O) groups excluding carboxylic acids is 2. The third kappa shape index (κ3) is 8.73. The minimum Gasteiger partial charge on any atom is -0.497 e. The van der Waals surface area contributed by atoms with Crippen molar-refractivity contribution in [2.24, 2.45) is 0 Å². The van der Waals surface area contributed by atoms with Gasteiger partial charge in [0, 0.05) is 24.0 Å². The van der Waals surface area contributed by atoms with Crippen molar-refractivity contribution in [3.8, 4) is 5.75 Å². The number of halogens is 1. The van der Waals surface area contributed by atoms with E-state index in [0.29, 0.717) is 16.5 Å². The summed E-state index contributed by atoms with van der Waals surface area (Å²) in [6.45, 7) is 1.42. The Labute approximate surface area is 282 Å². The number of nitrogens with one attached hydrogen (secondary N) is 1. The van der Waals surface area contributed by atoms with Crippen molar-refractivity contribution in [1.29, 1.82) is 0 Å². The molecule has 1 N–H and O–H groups in total.